The van der Waals surface area contributed by atoms with E-state index in [2.05, 4.69) is 15.5 Å². The van der Waals surface area contributed by atoms with Crippen molar-refractivity contribution >= 4 is 12.0 Å². The van der Waals surface area contributed by atoms with Crippen LogP contribution < -0.4 is 10.6 Å². The molecule has 6 nitrogen and oxygen atoms in total. The molecule has 2 N–H and O–H groups in total. The molecule has 0 aromatic heterocycles. The maximum atomic E-state index is 12.4. The van der Waals surface area contributed by atoms with Crippen molar-refractivity contribution < 1.29 is 14.3 Å². The molecule has 6 heteroatoms. The van der Waals surface area contributed by atoms with Crippen molar-refractivity contribution in [3.63, 3.8) is 0 Å². The van der Waals surface area contributed by atoms with Gasteiger partial charge >= 0.3 is 6.09 Å². The Hall–Kier alpha value is -1.30. The summed E-state index contributed by atoms with van der Waals surface area (Å²) in [5, 5.41) is 6.11. The van der Waals surface area contributed by atoms with E-state index < -0.39 is 5.60 Å². The highest BCUT2D eigenvalue weighted by Gasteiger charge is 2.29. The molecule has 1 aliphatic carbocycles. The van der Waals surface area contributed by atoms with Crippen molar-refractivity contribution in [2.45, 2.75) is 89.9 Å². The van der Waals surface area contributed by atoms with Gasteiger partial charge in [0.25, 0.3) is 0 Å². The van der Waals surface area contributed by atoms with E-state index in [1.807, 2.05) is 27.7 Å². The second-order valence-electron chi connectivity index (χ2n) is 8.12. The first-order valence-electron chi connectivity index (χ1n) is 9.28. The van der Waals surface area contributed by atoms with E-state index in [4.69, 9.17) is 4.74 Å². The average molecular weight is 339 g/mol. The molecular weight excluding hydrogens is 306 g/mol. The summed E-state index contributed by atoms with van der Waals surface area (Å²) in [7, 11) is 0. The minimum atomic E-state index is -0.475. The molecule has 1 aliphatic heterocycles. The zero-order valence-corrected chi connectivity index (χ0v) is 15.6. The van der Waals surface area contributed by atoms with Crippen molar-refractivity contribution in [3.05, 3.63) is 0 Å². The van der Waals surface area contributed by atoms with Gasteiger partial charge in [-0.25, -0.2) is 4.79 Å². The van der Waals surface area contributed by atoms with Crippen molar-refractivity contribution in [1.82, 2.24) is 15.5 Å². The number of rotatable bonds is 4. The highest BCUT2D eigenvalue weighted by Crippen LogP contribution is 2.19. The molecule has 24 heavy (non-hydrogen) atoms. The average Bonchev–Trinajstić information content (AvgIpc) is 2.98. The minimum Gasteiger partial charge on any atom is -0.444 e. The summed E-state index contributed by atoms with van der Waals surface area (Å²) in [5.74, 6) is 0.139. The van der Waals surface area contributed by atoms with Crippen LogP contribution in [0.2, 0.25) is 0 Å². The molecule has 0 radical (unpaired) electrons. The summed E-state index contributed by atoms with van der Waals surface area (Å²) in [6, 6.07) is 0.389. The molecule has 2 rings (SSSR count). The lowest BCUT2D eigenvalue weighted by Crippen LogP contribution is -2.53. The van der Waals surface area contributed by atoms with Crippen LogP contribution in [0.4, 0.5) is 4.79 Å². The van der Waals surface area contributed by atoms with Crippen LogP contribution in [0.25, 0.3) is 0 Å². The van der Waals surface area contributed by atoms with Gasteiger partial charge in [-0.3, -0.25) is 9.69 Å². The standard InChI is InChI=1S/C18H33N3O3/c1-13(16(22)19-14-7-5-6-8-14)21-11-9-15(10-12-21)20-17(23)24-18(2,3)4/h13-15H,5-12H2,1-4H3,(H,19,22)(H,20,23). The number of carbonyl (C=O) groups is 2. The number of likely N-dealkylation sites (tertiary alicyclic amines) is 1. The lowest BCUT2D eigenvalue weighted by atomic mass is 10.0. The second-order valence-corrected chi connectivity index (χ2v) is 8.12. The second kappa shape index (κ2) is 8.19. The van der Waals surface area contributed by atoms with Gasteiger partial charge in [-0.15, -0.1) is 0 Å². The smallest absolute Gasteiger partial charge is 0.407 e. The number of amides is 2. The Bertz CT molecular complexity index is 433. The number of piperidine rings is 1. The summed E-state index contributed by atoms with van der Waals surface area (Å²) in [6.45, 7) is 9.20. The fourth-order valence-corrected chi connectivity index (χ4v) is 3.46. The van der Waals surface area contributed by atoms with Crippen molar-refractivity contribution in [1.29, 1.82) is 0 Å². The number of hydrogen-bond donors (Lipinski definition) is 2. The monoisotopic (exact) mass is 339 g/mol. The largest absolute Gasteiger partial charge is 0.444 e. The topological polar surface area (TPSA) is 70.7 Å². The molecule has 1 heterocycles. The van der Waals surface area contributed by atoms with Crippen LogP contribution in [0.5, 0.6) is 0 Å². The van der Waals surface area contributed by atoms with Crippen LogP contribution in [0.1, 0.15) is 66.2 Å². The van der Waals surface area contributed by atoms with E-state index in [-0.39, 0.29) is 24.1 Å². The number of nitrogens with one attached hydrogen (secondary N) is 2. The summed E-state index contributed by atoms with van der Waals surface area (Å²) in [4.78, 5) is 26.4. The predicted octanol–water partition coefficient (Wildman–Crippen LogP) is 2.42. The van der Waals surface area contributed by atoms with Crippen LogP contribution in [0, 0.1) is 0 Å². The first-order valence-corrected chi connectivity index (χ1v) is 9.28. The Kier molecular flexibility index (Phi) is 6.49. The number of ether oxygens (including phenoxy) is 1. The summed E-state index contributed by atoms with van der Waals surface area (Å²) < 4.78 is 5.30. The van der Waals surface area contributed by atoms with Crippen LogP contribution >= 0.6 is 0 Å². The molecular formula is C18H33N3O3. The first kappa shape index (κ1) is 19.0. The van der Waals surface area contributed by atoms with Crippen molar-refractivity contribution in [3.8, 4) is 0 Å². The lowest BCUT2D eigenvalue weighted by Gasteiger charge is -2.36. The number of carbonyl (C=O) groups excluding carboxylic acids is 2. The molecule has 2 fully saturated rings. The Morgan fingerprint density at radius 2 is 1.54 bits per heavy atom. The van der Waals surface area contributed by atoms with Crippen LogP contribution in [0.3, 0.4) is 0 Å². The molecule has 2 amide bonds. The van der Waals surface area contributed by atoms with Gasteiger partial charge in [0.2, 0.25) is 5.91 Å². The molecule has 1 saturated carbocycles. The zero-order chi connectivity index (χ0) is 17.7. The molecule has 0 aromatic rings. The molecule has 0 spiro atoms. The normalized spacial score (nSPS) is 22.2. The quantitative estimate of drug-likeness (QED) is 0.825. The first-order chi connectivity index (χ1) is 11.2. The third-order valence-electron chi connectivity index (χ3n) is 4.88. The summed E-state index contributed by atoms with van der Waals surface area (Å²) in [5.41, 5.74) is -0.475. The summed E-state index contributed by atoms with van der Waals surface area (Å²) >= 11 is 0. The van der Waals surface area contributed by atoms with Crippen molar-refractivity contribution in [2.75, 3.05) is 13.1 Å². The molecule has 0 bridgehead atoms. The molecule has 138 valence electrons. The lowest BCUT2D eigenvalue weighted by molar-refractivity contribution is -0.127. The SMILES string of the molecule is CC(C(=O)NC1CCCC1)N1CCC(NC(=O)OC(C)(C)C)CC1. The Morgan fingerprint density at radius 3 is 2.08 bits per heavy atom. The van der Waals surface area contributed by atoms with E-state index in [9.17, 15) is 9.59 Å². The van der Waals surface area contributed by atoms with E-state index in [1.54, 1.807) is 0 Å². The van der Waals surface area contributed by atoms with E-state index in [0.29, 0.717) is 6.04 Å². The van der Waals surface area contributed by atoms with Gasteiger partial charge in [0.1, 0.15) is 5.60 Å². The van der Waals surface area contributed by atoms with E-state index >= 15 is 0 Å². The Labute approximate surface area is 145 Å². The minimum absolute atomic E-state index is 0.104. The van der Waals surface area contributed by atoms with E-state index in [1.165, 1.54) is 12.8 Å². The van der Waals surface area contributed by atoms with Crippen LogP contribution in [-0.2, 0) is 9.53 Å². The predicted molar refractivity (Wildman–Crippen MR) is 93.8 cm³/mol. The zero-order valence-electron chi connectivity index (χ0n) is 15.6. The molecule has 1 atom stereocenters. The van der Waals surface area contributed by atoms with Crippen LogP contribution in [0.15, 0.2) is 0 Å². The van der Waals surface area contributed by atoms with Gasteiger partial charge in [0, 0.05) is 25.2 Å². The van der Waals surface area contributed by atoms with E-state index in [0.717, 1.165) is 38.8 Å². The number of nitrogens with zero attached hydrogens (tertiary/aromatic N) is 1. The van der Waals surface area contributed by atoms with Gasteiger partial charge in [0.15, 0.2) is 0 Å². The van der Waals surface area contributed by atoms with Gasteiger partial charge in [-0.05, 0) is 53.4 Å². The maximum Gasteiger partial charge on any atom is 0.407 e. The van der Waals surface area contributed by atoms with Crippen molar-refractivity contribution in [2.24, 2.45) is 0 Å². The highest BCUT2D eigenvalue weighted by molar-refractivity contribution is 5.81. The third kappa shape index (κ3) is 5.96. The van der Waals surface area contributed by atoms with Gasteiger partial charge < -0.3 is 15.4 Å². The maximum absolute atomic E-state index is 12.4. The molecule has 1 unspecified atom stereocenters. The highest BCUT2D eigenvalue weighted by atomic mass is 16.6. The molecule has 1 saturated heterocycles. The van der Waals surface area contributed by atoms with Gasteiger partial charge in [-0.1, -0.05) is 12.8 Å². The Morgan fingerprint density at radius 1 is 1.00 bits per heavy atom. The van der Waals surface area contributed by atoms with Gasteiger partial charge in [-0.2, -0.15) is 0 Å². The fourth-order valence-electron chi connectivity index (χ4n) is 3.46. The number of hydrogen-bond acceptors (Lipinski definition) is 4. The third-order valence-corrected chi connectivity index (χ3v) is 4.88. The Balaban J connectivity index is 1.71. The molecule has 2 aliphatic rings. The van der Waals surface area contributed by atoms with Crippen LogP contribution in [-0.4, -0.2) is 53.7 Å². The fraction of sp³-hybridized carbons (Fsp3) is 0.889. The summed E-state index contributed by atoms with van der Waals surface area (Å²) in [6.07, 6.45) is 6.01. The van der Waals surface area contributed by atoms with Gasteiger partial charge in [0.05, 0.1) is 6.04 Å². The molecule has 0 aromatic carbocycles. The number of alkyl carbamates (subject to hydrolysis) is 1.